The van der Waals surface area contributed by atoms with Gasteiger partial charge in [-0.05, 0) is 23.3 Å². The largest absolute Gasteiger partial charge is 0.503 e. The van der Waals surface area contributed by atoms with E-state index in [-0.39, 0.29) is 36.2 Å². The van der Waals surface area contributed by atoms with Crippen molar-refractivity contribution in [1.82, 2.24) is 10.3 Å². The fraction of sp³-hybridized carbons (Fsp3) is 0.100. The van der Waals surface area contributed by atoms with E-state index in [1.807, 2.05) is 30.3 Å². The molecule has 0 bridgehead atoms. The normalized spacial score (nSPS) is 10.3. The van der Waals surface area contributed by atoms with Gasteiger partial charge < -0.3 is 15.2 Å². The third kappa shape index (κ3) is 4.36. The van der Waals surface area contributed by atoms with Crippen molar-refractivity contribution in [2.75, 3.05) is 0 Å². The number of pyridine rings is 1. The number of rotatable bonds is 6. The van der Waals surface area contributed by atoms with Gasteiger partial charge in [-0.15, -0.1) is 0 Å². The van der Waals surface area contributed by atoms with Gasteiger partial charge in [-0.2, -0.15) is 0 Å². The number of benzene rings is 2. The summed E-state index contributed by atoms with van der Waals surface area (Å²) in [5.41, 5.74) is 1.54. The SMILES string of the molecule is O=C(NCc1ccc(F)cc1)c1nccc(OCc2ccccc2)c1O. The first-order valence-electron chi connectivity index (χ1n) is 8.01. The number of halogens is 1. The number of amides is 1. The summed E-state index contributed by atoms with van der Waals surface area (Å²) < 4.78 is 18.5. The molecular weight excluding hydrogens is 335 g/mol. The van der Waals surface area contributed by atoms with Gasteiger partial charge in [0.15, 0.2) is 17.2 Å². The second-order valence-electron chi connectivity index (χ2n) is 5.59. The van der Waals surface area contributed by atoms with Gasteiger partial charge in [0.25, 0.3) is 5.91 Å². The maximum Gasteiger partial charge on any atom is 0.274 e. The lowest BCUT2D eigenvalue weighted by molar-refractivity contribution is 0.0942. The minimum atomic E-state index is -0.544. The maximum atomic E-state index is 12.9. The Morgan fingerprint density at radius 1 is 1.04 bits per heavy atom. The lowest BCUT2D eigenvalue weighted by Crippen LogP contribution is -2.24. The monoisotopic (exact) mass is 352 g/mol. The van der Waals surface area contributed by atoms with Gasteiger partial charge in [0, 0.05) is 18.8 Å². The van der Waals surface area contributed by atoms with Gasteiger partial charge in [0.05, 0.1) is 0 Å². The predicted octanol–water partition coefficient (Wildman–Crippen LogP) is 3.44. The molecule has 3 rings (SSSR count). The van der Waals surface area contributed by atoms with E-state index < -0.39 is 5.91 Å². The highest BCUT2D eigenvalue weighted by molar-refractivity contribution is 5.95. The quantitative estimate of drug-likeness (QED) is 0.713. The molecule has 0 atom stereocenters. The van der Waals surface area contributed by atoms with Crippen LogP contribution in [0.4, 0.5) is 4.39 Å². The highest BCUT2D eigenvalue weighted by Crippen LogP contribution is 2.28. The summed E-state index contributed by atoms with van der Waals surface area (Å²) in [7, 11) is 0. The van der Waals surface area contributed by atoms with Crippen molar-refractivity contribution in [3.63, 3.8) is 0 Å². The molecule has 2 aromatic carbocycles. The molecule has 26 heavy (non-hydrogen) atoms. The van der Waals surface area contributed by atoms with E-state index in [2.05, 4.69) is 10.3 Å². The third-order valence-electron chi connectivity index (χ3n) is 3.71. The van der Waals surface area contributed by atoms with E-state index in [1.165, 1.54) is 24.4 Å². The summed E-state index contributed by atoms with van der Waals surface area (Å²) in [5.74, 6) is -1.03. The van der Waals surface area contributed by atoms with Crippen molar-refractivity contribution in [1.29, 1.82) is 0 Å². The number of hydrogen-bond donors (Lipinski definition) is 2. The first-order chi connectivity index (χ1) is 12.6. The molecule has 6 heteroatoms. The number of nitrogens with one attached hydrogen (secondary N) is 1. The lowest BCUT2D eigenvalue weighted by Gasteiger charge is -2.11. The molecule has 0 unspecified atom stereocenters. The van der Waals surface area contributed by atoms with Gasteiger partial charge in [-0.1, -0.05) is 42.5 Å². The Labute approximate surface area is 150 Å². The van der Waals surface area contributed by atoms with E-state index in [0.29, 0.717) is 0 Å². The van der Waals surface area contributed by atoms with Crippen molar-refractivity contribution < 1.29 is 19.0 Å². The van der Waals surface area contributed by atoms with Crippen LogP contribution in [0.5, 0.6) is 11.5 Å². The molecule has 0 radical (unpaired) electrons. The zero-order valence-electron chi connectivity index (χ0n) is 13.9. The number of carbonyl (C=O) groups is 1. The Balaban J connectivity index is 1.65. The minimum absolute atomic E-state index is 0.127. The van der Waals surface area contributed by atoms with E-state index >= 15 is 0 Å². The van der Waals surface area contributed by atoms with Crippen molar-refractivity contribution >= 4 is 5.91 Å². The van der Waals surface area contributed by atoms with Crippen molar-refractivity contribution in [2.24, 2.45) is 0 Å². The van der Waals surface area contributed by atoms with E-state index in [9.17, 15) is 14.3 Å². The maximum absolute atomic E-state index is 12.9. The molecule has 2 N–H and O–H groups in total. The molecule has 132 valence electrons. The Hall–Kier alpha value is -3.41. The molecular formula is C20H17FN2O3. The van der Waals surface area contributed by atoms with Crippen LogP contribution in [0.25, 0.3) is 0 Å². The van der Waals surface area contributed by atoms with Gasteiger partial charge in [0.1, 0.15) is 12.4 Å². The summed E-state index contributed by atoms with van der Waals surface area (Å²) in [4.78, 5) is 16.2. The van der Waals surface area contributed by atoms with Crippen LogP contribution in [0.1, 0.15) is 21.6 Å². The van der Waals surface area contributed by atoms with Crippen LogP contribution in [0, 0.1) is 5.82 Å². The van der Waals surface area contributed by atoms with E-state index in [0.717, 1.165) is 11.1 Å². The minimum Gasteiger partial charge on any atom is -0.503 e. The van der Waals surface area contributed by atoms with E-state index in [4.69, 9.17) is 4.74 Å². The molecule has 3 aromatic rings. The highest BCUT2D eigenvalue weighted by Gasteiger charge is 2.17. The Kier molecular flexibility index (Phi) is 5.43. The molecule has 0 saturated carbocycles. The highest BCUT2D eigenvalue weighted by atomic mass is 19.1. The molecule has 0 saturated heterocycles. The van der Waals surface area contributed by atoms with Crippen LogP contribution in [0.2, 0.25) is 0 Å². The molecule has 0 aliphatic carbocycles. The van der Waals surface area contributed by atoms with Crippen LogP contribution in [-0.4, -0.2) is 16.0 Å². The Bertz CT molecular complexity index is 883. The van der Waals surface area contributed by atoms with Crippen LogP contribution in [0.15, 0.2) is 66.9 Å². The molecule has 0 spiro atoms. The van der Waals surface area contributed by atoms with Crippen molar-refractivity contribution in [3.8, 4) is 11.5 Å². The fourth-order valence-corrected chi connectivity index (χ4v) is 2.32. The second kappa shape index (κ2) is 8.11. The third-order valence-corrected chi connectivity index (χ3v) is 3.71. The van der Waals surface area contributed by atoms with E-state index in [1.54, 1.807) is 12.1 Å². The van der Waals surface area contributed by atoms with Gasteiger partial charge >= 0.3 is 0 Å². The predicted molar refractivity (Wildman–Crippen MR) is 94.2 cm³/mol. The molecule has 0 aliphatic heterocycles. The number of carbonyl (C=O) groups excluding carboxylic acids is 1. The standard InChI is InChI=1S/C20H17FN2O3/c21-16-8-6-14(7-9-16)12-23-20(25)18-19(24)17(10-11-22-18)26-13-15-4-2-1-3-5-15/h1-11,24H,12-13H2,(H,23,25). The smallest absolute Gasteiger partial charge is 0.274 e. The van der Waals surface area contributed by atoms with Gasteiger partial charge in [-0.3, -0.25) is 4.79 Å². The molecule has 1 heterocycles. The number of nitrogens with zero attached hydrogens (tertiary/aromatic N) is 1. The summed E-state index contributed by atoms with van der Waals surface area (Å²) in [6.07, 6.45) is 1.40. The number of hydrogen-bond acceptors (Lipinski definition) is 4. The lowest BCUT2D eigenvalue weighted by atomic mass is 10.2. The molecule has 0 aliphatic rings. The number of ether oxygens (including phenoxy) is 1. The zero-order chi connectivity index (χ0) is 18.4. The molecule has 1 aromatic heterocycles. The summed E-state index contributed by atoms with van der Waals surface area (Å²) in [5, 5.41) is 12.9. The number of aromatic hydroxyl groups is 1. The molecule has 0 fully saturated rings. The average Bonchev–Trinajstić information content (AvgIpc) is 2.67. The average molecular weight is 352 g/mol. The first kappa shape index (κ1) is 17.4. The topological polar surface area (TPSA) is 71.5 Å². The Morgan fingerprint density at radius 2 is 1.77 bits per heavy atom. The van der Waals surface area contributed by atoms with Crippen LogP contribution in [0.3, 0.4) is 0 Å². The summed E-state index contributed by atoms with van der Waals surface area (Å²) >= 11 is 0. The fourth-order valence-electron chi connectivity index (χ4n) is 2.32. The van der Waals surface area contributed by atoms with Crippen molar-refractivity contribution in [2.45, 2.75) is 13.2 Å². The van der Waals surface area contributed by atoms with Crippen LogP contribution in [-0.2, 0) is 13.2 Å². The van der Waals surface area contributed by atoms with Crippen LogP contribution < -0.4 is 10.1 Å². The molecule has 1 amide bonds. The second-order valence-corrected chi connectivity index (χ2v) is 5.59. The van der Waals surface area contributed by atoms with Crippen LogP contribution >= 0.6 is 0 Å². The Morgan fingerprint density at radius 3 is 2.50 bits per heavy atom. The van der Waals surface area contributed by atoms with Gasteiger partial charge in [-0.25, -0.2) is 9.37 Å². The zero-order valence-corrected chi connectivity index (χ0v) is 13.9. The van der Waals surface area contributed by atoms with Gasteiger partial charge in [0.2, 0.25) is 0 Å². The summed E-state index contributed by atoms with van der Waals surface area (Å²) in [6.45, 7) is 0.449. The number of aromatic nitrogens is 1. The summed E-state index contributed by atoms with van der Waals surface area (Å²) in [6, 6.07) is 16.7. The van der Waals surface area contributed by atoms with Crippen molar-refractivity contribution in [3.05, 3.63) is 89.5 Å². The molecule has 5 nitrogen and oxygen atoms in total. The first-order valence-corrected chi connectivity index (χ1v) is 8.01.